The third kappa shape index (κ3) is 2.26. The van der Waals surface area contributed by atoms with E-state index in [-0.39, 0.29) is 0 Å². The second-order valence-corrected chi connectivity index (χ2v) is 6.59. The normalized spacial score (nSPS) is 15.5. The Morgan fingerprint density at radius 3 is 2.50 bits per heavy atom. The van der Waals surface area contributed by atoms with Crippen LogP contribution < -0.4 is 5.32 Å². The Balaban J connectivity index is 2.17. The molecule has 1 N–H and O–H groups in total. The first kappa shape index (κ1) is 13.7. The molecule has 1 heterocycles. The molecule has 0 amide bonds. The van der Waals surface area contributed by atoms with Crippen LogP contribution in [-0.4, -0.2) is 6.04 Å². The fraction of sp³-hybridized carbons (Fsp3) is 0.556. The summed E-state index contributed by atoms with van der Waals surface area (Å²) < 4.78 is 6.28. The highest BCUT2D eigenvalue weighted by Gasteiger charge is 2.32. The van der Waals surface area contributed by atoms with Crippen molar-refractivity contribution in [1.29, 1.82) is 0 Å². The highest BCUT2D eigenvalue weighted by Crippen LogP contribution is 2.47. The molecule has 108 valence electrons. The monoisotopic (exact) mass is 271 g/mol. The summed E-state index contributed by atoms with van der Waals surface area (Å²) in [4.78, 5) is 0. The van der Waals surface area contributed by atoms with Crippen LogP contribution in [0.4, 0.5) is 0 Å². The average molecular weight is 271 g/mol. The first-order valence-electron chi connectivity index (χ1n) is 7.74. The van der Waals surface area contributed by atoms with E-state index in [0.29, 0.717) is 6.04 Å². The molecule has 2 nitrogen and oxygen atoms in total. The zero-order valence-corrected chi connectivity index (χ0v) is 13.3. The lowest BCUT2D eigenvalue weighted by Crippen LogP contribution is -2.22. The van der Waals surface area contributed by atoms with E-state index in [0.717, 1.165) is 23.8 Å². The summed E-state index contributed by atoms with van der Waals surface area (Å²) in [5.41, 5.74) is 6.58. The van der Waals surface area contributed by atoms with E-state index in [2.05, 4.69) is 46.0 Å². The Bertz CT molecular complexity index is 647. The standard InChI is InChI=1S/C18H25NO/c1-10(2)19-9-15-17(14-6-7-14)16-12(4)8-11(3)13(5)18(16)20-15/h8,10,14,19H,6-7,9H2,1-5H3. The van der Waals surface area contributed by atoms with Gasteiger partial charge in [-0.25, -0.2) is 0 Å². The Morgan fingerprint density at radius 2 is 1.90 bits per heavy atom. The number of hydrogen-bond acceptors (Lipinski definition) is 2. The van der Waals surface area contributed by atoms with Gasteiger partial charge in [0.1, 0.15) is 11.3 Å². The SMILES string of the molecule is Cc1cc(C)c2c(C3CC3)c(CNC(C)C)oc2c1C. The lowest BCUT2D eigenvalue weighted by atomic mass is 9.97. The van der Waals surface area contributed by atoms with Crippen LogP contribution in [0.5, 0.6) is 0 Å². The van der Waals surface area contributed by atoms with Crippen molar-refractivity contribution in [3.05, 3.63) is 34.1 Å². The van der Waals surface area contributed by atoms with Gasteiger partial charge in [-0.05, 0) is 56.2 Å². The van der Waals surface area contributed by atoms with Gasteiger partial charge in [-0.15, -0.1) is 0 Å². The molecule has 0 spiro atoms. The molecule has 0 aliphatic heterocycles. The minimum atomic E-state index is 0.485. The molecule has 0 atom stereocenters. The third-order valence-corrected chi connectivity index (χ3v) is 4.44. The van der Waals surface area contributed by atoms with Crippen molar-refractivity contribution in [2.45, 2.75) is 66.0 Å². The number of rotatable bonds is 4. The van der Waals surface area contributed by atoms with Gasteiger partial charge >= 0.3 is 0 Å². The van der Waals surface area contributed by atoms with Crippen LogP contribution in [0.15, 0.2) is 10.5 Å². The highest BCUT2D eigenvalue weighted by molar-refractivity contribution is 5.89. The Morgan fingerprint density at radius 1 is 1.20 bits per heavy atom. The summed E-state index contributed by atoms with van der Waals surface area (Å²) in [6.07, 6.45) is 2.63. The number of nitrogens with one attached hydrogen (secondary N) is 1. The summed E-state index contributed by atoms with van der Waals surface area (Å²) in [5, 5.41) is 4.89. The van der Waals surface area contributed by atoms with E-state index in [1.807, 2.05) is 0 Å². The Hall–Kier alpha value is -1.28. The lowest BCUT2D eigenvalue weighted by Gasteiger charge is -2.07. The molecule has 2 heteroatoms. The predicted octanol–water partition coefficient (Wildman–Crippen LogP) is 4.73. The second kappa shape index (κ2) is 4.92. The molecular weight excluding hydrogens is 246 g/mol. The fourth-order valence-electron chi connectivity index (χ4n) is 3.06. The molecule has 0 bridgehead atoms. The maximum Gasteiger partial charge on any atom is 0.138 e. The zero-order chi connectivity index (χ0) is 14.4. The predicted molar refractivity (Wildman–Crippen MR) is 84.4 cm³/mol. The number of hydrogen-bond donors (Lipinski definition) is 1. The van der Waals surface area contributed by atoms with Crippen LogP contribution in [0.2, 0.25) is 0 Å². The quantitative estimate of drug-likeness (QED) is 0.869. The molecule has 1 aliphatic carbocycles. The molecule has 1 saturated carbocycles. The third-order valence-electron chi connectivity index (χ3n) is 4.44. The number of benzene rings is 1. The van der Waals surface area contributed by atoms with Crippen LogP contribution in [0.25, 0.3) is 11.0 Å². The van der Waals surface area contributed by atoms with Crippen LogP contribution in [0, 0.1) is 20.8 Å². The Labute approximate surface area is 121 Å². The molecule has 3 rings (SSSR count). The van der Waals surface area contributed by atoms with Crippen molar-refractivity contribution in [3.63, 3.8) is 0 Å². The van der Waals surface area contributed by atoms with Crippen LogP contribution in [0.3, 0.4) is 0 Å². The van der Waals surface area contributed by atoms with E-state index in [9.17, 15) is 0 Å². The zero-order valence-electron chi connectivity index (χ0n) is 13.3. The molecule has 20 heavy (non-hydrogen) atoms. The van der Waals surface area contributed by atoms with Crippen molar-refractivity contribution in [2.75, 3.05) is 0 Å². The number of fused-ring (bicyclic) bond motifs is 1. The van der Waals surface area contributed by atoms with E-state index in [4.69, 9.17) is 4.42 Å². The molecular formula is C18H25NO. The molecule has 0 saturated heterocycles. The number of furan rings is 1. The van der Waals surface area contributed by atoms with Crippen molar-refractivity contribution in [2.24, 2.45) is 0 Å². The molecule has 1 aromatic heterocycles. The Kier molecular flexibility index (Phi) is 3.37. The van der Waals surface area contributed by atoms with Gasteiger partial charge in [0.05, 0.1) is 6.54 Å². The van der Waals surface area contributed by atoms with Gasteiger partial charge < -0.3 is 9.73 Å². The van der Waals surface area contributed by atoms with Gasteiger partial charge in [-0.3, -0.25) is 0 Å². The van der Waals surface area contributed by atoms with Gasteiger partial charge in [0.25, 0.3) is 0 Å². The smallest absolute Gasteiger partial charge is 0.138 e. The molecule has 0 unspecified atom stereocenters. The lowest BCUT2D eigenvalue weighted by molar-refractivity contribution is 0.482. The van der Waals surface area contributed by atoms with Gasteiger partial charge in [0, 0.05) is 17.0 Å². The summed E-state index contributed by atoms with van der Waals surface area (Å²) in [5.74, 6) is 1.88. The van der Waals surface area contributed by atoms with E-state index in [1.165, 1.54) is 40.5 Å². The second-order valence-electron chi connectivity index (χ2n) is 6.59. The molecule has 2 aromatic rings. The van der Waals surface area contributed by atoms with Gasteiger partial charge in [-0.1, -0.05) is 19.9 Å². The summed E-state index contributed by atoms with van der Waals surface area (Å²) >= 11 is 0. The van der Waals surface area contributed by atoms with Crippen molar-refractivity contribution >= 4 is 11.0 Å². The van der Waals surface area contributed by atoms with Crippen LogP contribution in [0.1, 0.15) is 60.6 Å². The van der Waals surface area contributed by atoms with Crippen LogP contribution in [-0.2, 0) is 6.54 Å². The first-order chi connectivity index (χ1) is 9.49. The van der Waals surface area contributed by atoms with E-state index in [1.54, 1.807) is 0 Å². The average Bonchev–Trinajstić information content (AvgIpc) is 3.14. The maximum absolute atomic E-state index is 6.28. The first-order valence-corrected chi connectivity index (χ1v) is 7.74. The van der Waals surface area contributed by atoms with Crippen molar-refractivity contribution in [3.8, 4) is 0 Å². The summed E-state index contributed by atoms with van der Waals surface area (Å²) in [6.45, 7) is 11.8. The largest absolute Gasteiger partial charge is 0.459 e. The van der Waals surface area contributed by atoms with E-state index >= 15 is 0 Å². The van der Waals surface area contributed by atoms with Crippen LogP contribution >= 0.6 is 0 Å². The van der Waals surface area contributed by atoms with E-state index < -0.39 is 0 Å². The van der Waals surface area contributed by atoms with Crippen molar-refractivity contribution in [1.82, 2.24) is 5.32 Å². The summed E-state index contributed by atoms with van der Waals surface area (Å²) in [7, 11) is 0. The maximum atomic E-state index is 6.28. The molecule has 0 radical (unpaired) electrons. The van der Waals surface area contributed by atoms with Gasteiger partial charge in [-0.2, -0.15) is 0 Å². The fourth-order valence-corrected chi connectivity index (χ4v) is 3.06. The molecule has 1 fully saturated rings. The highest BCUT2D eigenvalue weighted by atomic mass is 16.3. The number of aryl methyl sites for hydroxylation is 3. The molecule has 1 aliphatic rings. The minimum absolute atomic E-state index is 0.485. The topological polar surface area (TPSA) is 25.2 Å². The molecule has 1 aromatic carbocycles. The van der Waals surface area contributed by atoms with Gasteiger partial charge in [0.15, 0.2) is 0 Å². The minimum Gasteiger partial charge on any atom is -0.459 e. The summed E-state index contributed by atoms with van der Waals surface area (Å²) in [6, 6.07) is 2.79. The van der Waals surface area contributed by atoms with Gasteiger partial charge in [0.2, 0.25) is 0 Å². The van der Waals surface area contributed by atoms with Crippen molar-refractivity contribution < 1.29 is 4.42 Å².